The van der Waals surface area contributed by atoms with Gasteiger partial charge in [-0.2, -0.15) is 5.26 Å². The van der Waals surface area contributed by atoms with Crippen molar-refractivity contribution in [3.05, 3.63) is 29.6 Å². The van der Waals surface area contributed by atoms with Gasteiger partial charge in [0.2, 0.25) is 10.0 Å². The van der Waals surface area contributed by atoms with Gasteiger partial charge < -0.3 is 9.84 Å². The van der Waals surface area contributed by atoms with Gasteiger partial charge in [0, 0.05) is 32.6 Å². The van der Waals surface area contributed by atoms with Crippen LogP contribution in [0.2, 0.25) is 0 Å². The second-order valence-corrected chi connectivity index (χ2v) is 6.62. The molecule has 0 atom stereocenters. The first-order valence-corrected chi connectivity index (χ1v) is 7.85. The lowest BCUT2D eigenvalue weighted by molar-refractivity contribution is -0.0588. The van der Waals surface area contributed by atoms with Gasteiger partial charge in [-0.3, -0.25) is 0 Å². The lowest BCUT2D eigenvalue weighted by Crippen LogP contribution is -2.46. The molecule has 1 aliphatic heterocycles. The summed E-state index contributed by atoms with van der Waals surface area (Å²) < 4.78 is 45.2. The summed E-state index contributed by atoms with van der Waals surface area (Å²) in [5.41, 5.74) is -1.73. The molecule has 1 aliphatic rings. The first-order valence-electron chi connectivity index (χ1n) is 6.36. The number of rotatable bonds is 4. The maximum Gasteiger partial charge on any atom is 0.242 e. The van der Waals surface area contributed by atoms with Gasteiger partial charge in [0.15, 0.2) is 0 Å². The summed E-state index contributed by atoms with van der Waals surface area (Å²) in [5, 5.41) is 19.1. The number of hydrogen-bond acceptors (Lipinski definition) is 5. The number of nitrogens with one attached hydrogen (secondary N) is 1. The number of halogens is 1. The molecule has 0 bridgehead atoms. The number of benzene rings is 1. The fourth-order valence-corrected chi connectivity index (χ4v) is 3.36. The monoisotopic (exact) mass is 314 g/mol. The van der Waals surface area contributed by atoms with Gasteiger partial charge in [-0.15, -0.1) is 0 Å². The highest BCUT2D eigenvalue weighted by atomic mass is 32.2. The molecule has 0 radical (unpaired) electrons. The summed E-state index contributed by atoms with van der Waals surface area (Å²) in [6.45, 7) is 0.489. The van der Waals surface area contributed by atoms with Crippen molar-refractivity contribution in [1.29, 1.82) is 5.26 Å². The molecule has 0 amide bonds. The highest BCUT2D eigenvalue weighted by molar-refractivity contribution is 7.89. The molecule has 1 aromatic rings. The van der Waals surface area contributed by atoms with E-state index in [2.05, 4.69) is 4.72 Å². The maximum absolute atomic E-state index is 13.5. The molecule has 1 aromatic carbocycles. The number of nitriles is 1. The third-order valence-electron chi connectivity index (χ3n) is 3.39. The van der Waals surface area contributed by atoms with Crippen LogP contribution in [0.3, 0.4) is 0 Å². The third-order valence-corrected chi connectivity index (χ3v) is 4.84. The Kier molecular flexibility index (Phi) is 4.58. The second kappa shape index (κ2) is 6.07. The third kappa shape index (κ3) is 3.57. The van der Waals surface area contributed by atoms with E-state index in [0.29, 0.717) is 26.1 Å². The fourth-order valence-electron chi connectivity index (χ4n) is 2.07. The molecular formula is C13H15FN2O4S. The van der Waals surface area contributed by atoms with Gasteiger partial charge in [0.25, 0.3) is 0 Å². The van der Waals surface area contributed by atoms with Gasteiger partial charge >= 0.3 is 0 Å². The molecule has 0 unspecified atom stereocenters. The average Bonchev–Trinajstić information content (AvgIpc) is 2.46. The van der Waals surface area contributed by atoms with Crippen LogP contribution in [0.1, 0.15) is 18.4 Å². The van der Waals surface area contributed by atoms with Crippen LogP contribution in [0.25, 0.3) is 0 Å². The molecule has 6 nitrogen and oxygen atoms in total. The molecular weight excluding hydrogens is 299 g/mol. The maximum atomic E-state index is 13.5. The largest absolute Gasteiger partial charge is 0.388 e. The molecule has 2 N–H and O–H groups in total. The molecule has 21 heavy (non-hydrogen) atoms. The van der Waals surface area contributed by atoms with Crippen LogP contribution in [0.4, 0.5) is 4.39 Å². The summed E-state index contributed by atoms with van der Waals surface area (Å²) in [5.74, 6) is -0.898. The summed E-state index contributed by atoms with van der Waals surface area (Å²) in [7, 11) is -4.08. The van der Waals surface area contributed by atoms with Crippen LogP contribution in [-0.4, -0.2) is 38.9 Å². The molecule has 114 valence electrons. The number of aliphatic hydroxyl groups is 1. The van der Waals surface area contributed by atoms with Crippen LogP contribution in [-0.2, 0) is 14.8 Å². The van der Waals surface area contributed by atoms with Crippen LogP contribution in [0, 0.1) is 17.1 Å². The molecule has 1 fully saturated rings. The highest BCUT2D eigenvalue weighted by Crippen LogP contribution is 2.22. The quantitative estimate of drug-likeness (QED) is 0.844. The first-order chi connectivity index (χ1) is 9.88. The van der Waals surface area contributed by atoms with Gasteiger partial charge in [-0.25, -0.2) is 17.5 Å². The summed E-state index contributed by atoms with van der Waals surface area (Å²) in [4.78, 5) is -0.430. The van der Waals surface area contributed by atoms with E-state index in [-0.39, 0.29) is 6.54 Å². The lowest BCUT2D eigenvalue weighted by Gasteiger charge is -2.32. The standard InChI is InChI=1S/C13H15FN2O4S/c14-11-2-1-3-12(10(11)8-15)21(18,19)16-9-13(17)4-6-20-7-5-13/h1-3,16-17H,4-7,9H2. The lowest BCUT2D eigenvalue weighted by atomic mass is 9.95. The first kappa shape index (κ1) is 15.9. The Morgan fingerprint density at radius 1 is 1.43 bits per heavy atom. The molecule has 0 saturated carbocycles. The van der Waals surface area contributed by atoms with Gasteiger partial charge in [0.05, 0.1) is 5.60 Å². The predicted octanol–water partition coefficient (Wildman–Crippen LogP) is 0.517. The van der Waals surface area contributed by atoms with Crippen molar-refractivity contribution in [2.75, 3.05) is 19.8 Å². The van der Waals surface area contributed by atoms with Crippen LogP contribution in [0.5, 0.6) is 0 Å². The minimum atomic E-state index is -4.08. The Bertz CT molecular complexity index is 663. The predicted molar refractivity (Wildman–Crippen MR) is 71.3 cm³/mol. The molecule has 1 saturated heterocycles. The molecule has 2 rings (SSSR count). The van der Waals surface area contributed by atoms with Crippen molar-refractivity contribution >= 4 is 10.0 Å². The Balaban J connectivity index is 2.20. The van der Waals surface area contributed by atoms with E-state index in [1.807, 2.05) is 0 Å². The summed E-state index contributed by atoms with van der Waals surface area (Å²) >= 11 is 0. The zero-order valence-corrected chi connectivity index (χ0v) is 12.0. The van der Waals surface area contributed by atoms with E-state index >= 15 is 0 Å². The van der Waals surface area contributed by atoms with Crippen molar-refractivity contribution in [2.45, 2.75) is 23.3 Å². The summed E-state index contributed by atoms with van der Waals surface area (Å²) in [6, 6.07) is 4.93. The van der Waals surface area contributed by atoms with E-state index in [0.717, 1.165) is 12.1 Å². The smallest absolute Gasteiger partial charge is 0.242 e. The minimum Gasteiger partial charge on any atom is -0.388 e. The normalized spacial score (nSPS) is 18.1. The van der Waals surface area contributed by atoms with Gasteiger partial charge in [-0.1, -0.05) is 6.07 Å². The number of hydrogen-bond donors (Lipinski definition) is 2. The Hall–Kier alpha value is -1.53. The topological polar surface area (TPSA) is 99.4 Å². The van der Waals surface area contributed by atoms with Crippen LogP contribution >= 0.6 is 0 Å². The molecule has 0 aliphatic carbocycles. The average molecular weight is 314 g/mol. The van der Waals surface area contributed by atoms with E-state index in [4.69, 9.17) is 10.00 Å². The van der Waals surface area contributed by atoms with Crippen molar-refractivity contribution in [3.8, 4) is 6.07 Å². The minimum absolute atomic E-state index is 0.208. The number of nitrogens with zero attached hydrogens (tertiary/aromatic N) is 1. The Morgan fingerprint density at radius 2 is 2.10 bits per heavy atom. The van der Waals surface area contributed by atoms with Crippen LogP contribution in [0.15, 0.2) is 23.1 Å². The van der Waals surface area contributed by atoms with E-state index in [1.54, 1.807) is 6.07 Å². The second-order valence-electron chi connectivity index (χ2n) is 4.89. The van der Waals surface area contributed by atoms with Crippen LogP contribution < -0.4 is 4.72 Å². The van der Waals surface area contributed by atoms with E-state index in [1.165, 1.54) is 6.07 Å². The molecule has 0 aromatic heterocycles. The molecule has 8 heteroatoms. The van der Waals surface area contributed by atoms with Crippen molar-refractivity contribution in [1.82, 2.24) is 4.72 Å². The highest BCUT2D eigenvalue weighted by Gasteiger charge is 2.32. The zero-order chi connectivity index (χ0) is 15.5. The van der Waals surface area contributed by atoms with Crippen molar-refractivity contribution in [2.24, 2.45) is 0 Å². The Morgan fingerprint density at radius 3 is 2.71 bits per heavy atom. The molecule has 0 spiro atoms. The van der Waals surface area contributed by atoms with Crippen molar-refractivity contribution in [3.63, 3.8) is 0 Å². The summed E-state index contributed by atoms with van der Waals surface area (Å²) in [6.07, 6.45) is 0.619. The SMILES string of the molecule is N#Cc1c(F)cccc1S(=O)(=O)NCC1(O)CCOCC1. The van der Waals surface area contributed by atoms with E-state index in [9.17, 15) is 17.9 Å². The Labute approximate surface area is 122 Å². The zero-order valence-electron chi connectivity index (χ0n) is 11.2. The fraction of sp³-hybridized carbons (Fsp3) is 0.462. The number of ether oxygens (including phenoxy) is 1. The molecule has 1 heterocycles. The van der Waals surface area contributed by atoms with Gasteiger partial charge in [-0.05, 0) is 12.1 Å². The van der Waals surface area contributed by atoms with Gasteiger partial charge in [0.1, 0.15) is 22.3 Å². The van der Waals surface area contributed by atoms with Crippen molar-refractivity contribution < 1.29 is 22.7 Å². The number of sulfonamides is 1. The van der Waals surface area contributed by atoms with E-state index < -0.39 is 31.9 Å².